The third-order valence-electron chi connectivity index (χ3n) is 3.55. The minimum absolute atomic E-state index is 0.155. The van der Waals surface area contributed by atoms with Crippen molar-refractivity contribution in [3.05, 3.63) is 29.6 Å². The first-order valence-corrected chi connectivity index (χ1v) is 8.07. The van der Waals surface area contributed by atoms with Crippen LogP contribution in [0.1, 0.15) is 29.6 Å². The monoisotopic (exact) mass is 315 g/mol. The lowest BCUT2D eigenvalue weighted by Gasteiger charge is -2.31. The van der Waals surface area contributed by atoms with Gasteiger partial charge in [0.15, 0.2) is 0 Å². The van der Waals surface area contributed by atoms with Gasteiger partial charge < -0.3 is 5.73 Å². The highest BCUT2D eigenvalue weighted by atomic mass is 32.2. The van der Waals surface area contributed by atoms with E-state index in [1.54, 1.807) is 0 Å². The Labute approximate surface area is 123 Å². The van der Waals surface area contributed by atoms with Gasteiger partial charge in [0.25, 0.3) is 5.91 Å². The predicted octanol–water partition coefficient (Wildman–Crippen LogP) is 1.09. The molecule has 1 aliphatic rings. The van der Waals surface area contributed by atoms with Crippen molar-refractivity contribution in [3.63, 3.8) is 0 Å². The van der Waals surface area contributed by atoms with Crippen LogP contribution in [-0.4, -0.2) is 38.8 Å². The lowest BCUT2D eigenvalue weighted by molar-refractivity contribution is 0.100. The number of carbonyl (C=O) groups excluding carboxylic acids is 1. The molecule has 2 rings (SSSR count). The number of piperidine rings is 1. The molecule has 1 fully saturated rings. The van der Waals surface area contributed by atoms with Crippen LogP contribution in [0.4, 0.5) is 10.1 Å². The molecule has 1 aromatic carbocycles. The Kier molecular flexibility index (Phi) is 4.48. The first kappa shape index (κ1) is 15.7. The lowest BCUT2D eigenvalue weighted by Crippen LogP contribution is -2.45. The summed E-state index contributed by atoms with van der Waals surface area (Å²) < 4.78 is 41.2. The first-order chi connectivity index (χ1) is 9.85. The second-order valence-electron chi connectivity index (χ2n) is 4.94. The van der Waals surface area contributed by atoms with Gasteiger partial charge in [0, 0.05) is 20.1 Å². The fourth-order valence-electron chi connectivity index (χ4n) is 2.42. The average Bonchev–Trinajstić information content (AvgIpc) is 2.47. The molecule has 0 aliphatic carbocycles. The average molecular weight is 315 g/mol. The van der Waals surface area contributed by atoms with E-state index >= 15 is 0 Å². The third-order valence-corrected chi connectivity index (χ3v) is 5.45. The van der Waals surface area contributed by atoms with E-state index in [4.69, 9.17) is 5.73 Å². The van der Waals surface area contributed by atoms with Crippen LogP contribution in [0.5, 0.6) is 0 Å². The van der Waals surface area contributed by atoms with E-state index in [0.29, 0.717) is 13.1 Å². The number of primary amides is 1. The van der Waals surface area contributed by atoms with Gasteiger partial charge in [-0.1, -0.05) is 12.5 Å². The van der Waals surface area contributed by atoms with Gasteiger partial charge in [-0.05, 0) is 25.0 Å². The van der Waals surface area contributed by atoms with Gasteiger partial charge in [-0.2, -0.15) is 12.7 Å². The van der Waals surface area contributed by atoms with E-state index in [1.165, 1.54) is 23.5 Å². The Balaban J connectivity index is 2.44. The summed E-state index contributed by atoms with van der Waals surface area (Å²) in [6.07, 6.45) is 2.52. The standard InChI is InChI=1S/C13H18FN3O3S/c1-16(21(19,20)17-8-3-2-4-9-17)12-10(13(15)18)6-5-7-11(12)14/h5-7H,2-4,8-9H2,1H3,(H2,15,18). The van der Waals surface area contributed by atoms with E-state index in [9.17, 15) is 17.6 Å². The molecule has 6 nitrogen and oxygen atoms in total. The number of benzene rings is 1. The number of nitrogens with two attached hydrogens (primary N) is 1. The zero-order valence-corrected chi connectivity index (χ0v) is 12.6. The highest BCUT2D eigenvalue weighted by Crippen LogP contribution is 2.27. The maximum Gasteiger partial charge on any atom is 0.303 e. The SMILES string of the molecule is CN(c1c(F)cccc1C(N)=O)S(=O)(=O)N1CCCCC1. The summed E-state index contributed by atoms with van der Waals surface area (Å²) in [5, 5.41) is 0. The Bertz CT molecular complexity index is 642. The van der Waals surface area contributed by atoms with Gasteiger partial charge in [-0.15, -0.1) is 0 Å². The maximum absolute atomic E-state index is 14.0. The number of amides is 1. The van der Waals surface area contributed by atoms with Crippen LogP contribution in [0.25, 0.3) is 0 Å². The van der Waals surface area contributed by atoms with Crippen LogP contribution >= 0.6 is 0 Å². The Morgan fingerprint density at radius 2 is 1.90 bits per heavy atom. The number of nitrogens with zero attached hydrogens (tertiary/aromatic N) is 2. The molecule has 1 heterocycles. The summed E-state index contributed by atoms with van der Waals surface area (Å²) in [5.41, 5.74) is 4.74. The second kappa shape index (κ2) is 5.98. The molecule has 0 atom stereocenters. The molecule has 0 radical (unpaired) electrons. The summed E-state index contributed by atoms with van der Waals surface area (Å²) in [6.45, 7) is 0.792. The molecule has 0 bridgehead atoms. The molecule has 1 saturated heterocycles. The molecule has 8 heteroatoms. The van der Waals surface area contributed by atoms with Crippen molar-refractivity contribution in [1.82, 2.24) is 4.31 Å². The van der Waals surface area contributed by atoms with E-state index in [0.717, 1.165) is 29.6 Å². The quantitative estimate of drug-likeness (QED) is 0.903. The van der Waals surface area contributed by atoms with Gasteiger partial charge >= 0.3 is 10.2 Å². The summed E-state index contributed by atoms with van der Waals surface area (Å²) in [5.74, 6) is -1.67. The minimum Gasteiger partial charge on any atom is -0.366 e. The molecule has 116 valence electrons. The van der Waals surface area contributed by atoms with Crippen molar-refractivity contribution in [1.29, 1.82) is 0 Å². The molecule has 1 aromatic rings. The van der Waals surface area contributed by atoms with E-state index < -0.39 is 21.9 Å². The Hall–Kier alpha value is -1.67. The van der Waals surface area contributed by atoms with Crippen LogP contribution in [0, 0.1) is 5.82 Å². The lowest BCUT2D eigenvalue weighted by atomic mass is 10.1. The number of anilines is 1. The van der Waals surface area contributed by atoms with E-state index in [1.807, 2.05) is 0 Å². The molecule has 21 heavy (non-hydrogen) atoms. The number of hydrogen-bond acceptors (Lipinski definition) is 3. The minimum atomic E-state index is -3.87. The van der Waals surface area contributed by atoms with Gasteiger partial charge in [0.05, 0.1) is 5.56 Å². The molecule has 2 N–H and O–H groups in total. The fourth-order valence-corrected chi connectivity index (χ4v) is 3.90. The van der Waals surface area contributed by atoms with Crippen LogP contribution in [0.2, 0.25) is 0 Å². The van der Waals surface area contributed by atoms with Gasteiger partial charge in [0.1, 0.15) is 11.5 Å². The topological polar surface area (TPSA) is 83.7 Å². The molecule has 0 spiro atoms. The van der Waals surface area contributed by atoms with Crippen LogP contribution in [0.15, 0.2) is 18.2 Å². The number of rotatable bonds is 4. The zero-order chi connectivity index (χ0) is 15.6. The van der Waals surface area contributed by atoms with E-state index in [2.05, 4.69) is 0 Å². The summed E-state index contributed by atoms with van der Waals surface area (Å²) in [6, 6.07) is 3.73. The molecular formula is C13H18FN3O3S. The first-order valence-electron chi connectivity index (χ1n) is 6.68. The predicted molar refractivity (Wildman–Crippen MR) is 77.7 cm³/mol. The van der Waals surface area contributed by atoms with Gasteiger partial charge in [-0.25, -0.2) is 4.39 Å². The van der Waals surface area contributed by atoms with Crippen LogP contribution in [0.3, 0.4) is 0 Å². The zero-order valence-electron chi connectivity index (χ0n) is 11.8. The smallest absolute Gasteiger partial charge is 0.303 e. The van der Waals surface area contributed by atoms with Crippen molar-refractivity contribution in [2.45, 2.75) is 19.3 Å². The molecular weight excluding hydrogens is 297 g/mol. The van der Waals surface area contributed by atoms with Crippen molar-refractivity contribution >= 4 is 21.8 Å². The second-order valence-corrected chi connectivity index (χ2v) is 6.90. The third kappa shape index (κ3) is 3.01. The van der Waals surface area contributed by atoms with Crippen molar-refractivity contribution < 1.29 is 17.6 Å². The van der Waals surface area contributed by atoms with Crippen molar-refractivity contribution in [2.75, 3.05) is 24.4 Å². The molecule has 0 unspecified atom stereocenters. The summed E-state index contributed by atoms with van der Waals surface area (Å²) in [7, 11) is -2.64. The largest absolute Gasteiger partial charge is 0.366 e. The highest BCUT2D eigenvalue weighted by Gasteiger charge is 2.31. The number of halogens is 1. The molecule has 1 aliphatic heterocycles. The number of carbonyl (C=O) groups is 1. The molecule has 0 aromatic heterocycles. The van der Waals surface area contributed by atoms with E-state index in [-0.39, 0.29) is 11.3 Å². The van der Waals surface area contributed by atoms with Crippen molar-refractivity contribution in [3.8, 4) is 0 Å². The Morgan fingerprint density at radius 1 is 1.29 bits per heavy atom. The maximum atomic E-state index is 14.0. The van der Waals surface area contributed by atoms with Gasteiger partial charge in [0.2, 0.25) is 0 Å². The van der Waals surface area contributed by atoms with Crippen molar-refractivity contribution in [2.24, 2.45) is 5.73 Å². The summed E-state index contributed by atoms with van der Waals surface area (Å²) >= 11 is 0. The van der Waals surface area contributed by atoms with Gasteiger partial charge in [-0.3, -0.25) is 9.10 Å². The normalized spacial score (nSPS) is 16.7. The molecule has 1 amide bonds. The Morgan fingerprint density at radius 3 is 2.48 bits per heavy atom. The van der Waals surface area contributed by atoms with Crippen LogP contribution in [-0.2, 0) is 10.2 Å². The number of hydrogen-bond donors (Lipinski definition) is 1. The fraction of sp³-hybridized carbons (Fsp3) is 0.462. The number of para-hydroxylation sites is 1. The highest BCUT2D eigenvalue weighted by molar-refractivity contribution is 7.90. The summed E-state index contributed by atoms with van der Waals surface area (Å²) in [4.78, 5) is 11.4. The van der Waals surface area contributed by atoms with Crippen LogP contribution < -0.4 is 10.0 Å². The molecule has 0 saturated carbocycles.